The molecule has 0 spiro atoms. The summed E-state index contributed by atoms with van der Waals surface area (Å²) in [5, 5.41) is 13.0. The average molecular weight is 356 g/mol. The van der Waals surface area contributed by atoms with Gasteiger partial charge >= 0.3 is 0 Å². The first-order valence-electron chi connectivity index (χ1n) is 8.71. The summed E-state index contributed by atoms with van der Waals surface area (Å²) in [7, 11) is 0. The monoisotopic (exact) mass is 355 g/mol. The Hall–Kier alpha value is -1.98. The van der Waals surface area contributed by atoms with Crippen LogP contribution >= 0.6 is 11.3 Å². The molecule has 1 atom stereocenters. The summed E-state index contributed by atoms with van der Waals surface area (Å²) in [5.41, 5.74) is 4.08. The van der Waals surface area contributed by atoms with Gasteiger partial charge in [0.2, 0.25) is 0 Å². The number of imidazole rings is 1. The molecule has 132 valence electrons. The minimum atomic E-state index is -0.0219. The smallest absolute Gasteiger partial charge is 0.142 e. The van der Waals surface area contributed by atoms with E-state index in [4.69, 9.17) is 4.98 Å². The molecule has 3 rings (SSSR count). The number of benzene rings is 1. The lowest BCUT2D eigenvalue weighted by Gasteiger charge is -2.22. The molecule has 0 bridgehead atoms. The highest BCUT2D eigenvalue weighted by atomic mass is 32.1. The zero-order valence-electron chi connectivity index (χ0n) is 15.2. The van der Waals surface area contributed by atoms with Gasteiger partial charge in [0.1, 0.15) is 10.7 Å². The van der Waals surface area contributed by atoms with Crippen LogP contribution in [0.1, 0.15) is 45.3 Å². The molecule has 0 aliphatic rings. The second kappa shape index (κ2) is 7.50. The largest absolute Gasteiger partial charge is 0.394 e. The number of nitrogens with zero attached hydrogens (tertiary/aromatic N) is 3. The van der Waals surface area contributed by atoms with Gasteiger partial charge in [-0.25, -0.2) is 9.97 Å². The zero-order valence-corrected chi connectivity index (χ0v) is 16.0. The third-order valence-electron chi connectivity index (χ3n) is 4.47. The molecular weight excluding hydrogens is 330 g/mol. The third kappa shape index (κ3) is 3.53. The van der Waals surface area contributed by atoms with Crippen LogP contribution in [0.4, 0.5) is 0 Å². The lowest BCUT2D eigenvalue weighted by Crippen LogP contribution is -2.19. The summed E-state index contributed by atoms with van der Waals surface area (Å²) < 4.78 is 2.09. The first-order chi connectivity index (χ1) is 12.0. The van der Waals surface area contributed by atoms with Crippen molar-refractivity contribution in [2.75, 3.05) is 6.61 Å². The first kappa shape index (κ1) is 17.8. The molecule has 1 N–H and O–H groups in total. The van der Waals surface area contributed by atoms with Crippen LogP contribution in [0.15, 0.2) is 42.0 Å². The predicted octanol–water partition coefficient (Wildman–Crippen LogP) is 4.99. The molecule has 0 unspecified atom stereocenters. The Morgan fingerprint density at radius 1 is 1.12 bits per heavy atom. The number of thiazole rings is 1. The van der Waals surface area contributed by atoms with Crippen molar-refractivity contribution in [1.82, 2.24) is 14.5 Å². The molecule has 0 aliphatic heterocycles. The van der Waals surface area contributed by atoms with Gasteiger partial charge in [0, 0.05) is 10.9 Å². The second-order valence-electron chi connectivity index (χ2n) is 6.94. The first-order valence-corrected chi connectivity index (χ1v) is 9.59. The molecule has 0 radical (unpaired) electrons. The quantitative estimate of drug-likeness (QED) is 0.678. The van der Waals surface area contributed by atoms with Crippen molar-refractivity contribution in [2.24, 2.45) is 5.92 Å². The van der Waals surface area contributed by atoms with E-state index in [9.17, 15) is 5.11 Å². The summed E-state index contributed by atoms with van der Waals surface area (Å²) in [6.45, 7) is 8.62. The Bertz CT molecular complexity index is 821. The van der Waals surface area contributed by atoms with Crippen LogP contribution in [0.5, 0.6) is 0 Å². The van der Waals surface area contributed by atoms with Gasteiger partial charge < -0.3 is 9.67 Å². The lowest BCUT2D eigenvalue weighted by atomic mass is 10.0. The maximum absolute atomic E-state index is 9.93. The fourth-order valence-electron chi connectivity index (χ4n) is 2.91. The maximum Gasteiger partial charge on any atom is 0.142 e. The Morgan fingerprint density at radius 3 is 2.40 bits per heavy atom. The van der Waals surface area contributed by atoms with Crippen molar-refractivity contribution in [3.05, 3.63) is 47.7 Å². The standard InChI is InChI=1S/C20H25N3OS/c1-13(2)16-11-25-20(22-16)19-18(15-8-6-5-7-9-15)21-12-23(19)17(10-24)14(3)4/h5-9,11-14,17,24H,10H2,1-4H3/t17-/m0/s1. The number of hydrogen-bond acceptors (Lipinski definition) is 4. The van der Waals surface area contributed by atoms with Crippen molar-refractivity contribution in [1.29, 1.82) is 0 Å². The molecule has 5 heteroatoms. The molecule has 2 heterocycles. The van der Waals surface area contributed by atoms with Crippen molar-refractivity contribution < 1.29 is 5.11 Å². The Kier molecular flexibility index (Phi) is 5.35. The van der Waals surface area contributed by atoms with E-state index in [1.807, 2.05) is 24.5 Å². The normalized spacial score (nSPS) is 12.9. The molecule has 3 aromatic rings. The van der Waals surface area contributed by atoms with Crippen LogP contribution in [0.3, 0.4) is 0 Å². The Labute approximate surface area is 153 Å². The molecular formula is C20H25N3OS. The molecule has 25 heavy (non-hydrogen) atoms. The maximum atomic E-state index is 9.93. The van der Waals surface area contributed by atoms with Gasteiger partial charge in [0.15, 0.2) is 0 Å². The van der Waals surface area contributed by atoms with E-state index in [0.717, 1.165) is 27.7 Å². The lowest BCUT2D eigenvalue weighted by molar-refractivity contribution is 0.194. The van der Waals surface area contributed by atoms with E-state index in [1.165, 1.54) is 0 Å². The summed E-state index contributed by atoms with van der Waals surface area (Å²) in [5.74, 6) is 0.686. The summed E-state index contributed by atoms with van der Waals surface area (Å²) in [6, 6.07) is 10.2. The predicted molar refractivity (Wildman–Crippen MR) is 104 cm³/mol. The molecule has 0 amide bonds. The fraction of sp³-hybridized carbons (Fsp3) is 0.400. The third-order valence-corrected chi connectivity index (χ3v) is 5.34. The topological polar surface area (TPSA) is 50.9 Å². The van der Waals surface area contributed by atoms with Gasteiger partial charge in [-0.15, -0.1) is 11.3 Å². The van der Waals surface area contributed by atoms with Gasteiger partial charge in [-0.2, -0.15) is 0 Å². The summed E-state index contributed by atoms with van der Waals surface area (Å²) in [6.07, 6.45) is 1.84. The minimum absolute atomic E-state index is 0.0219. The zero-order chi connectivity index (χ0) is 18.0. The van der Waals surface area contributed by atoms with E-state index in [-0.39, 0.29) is 12.6 Å². The van der Waals surface area contributed by atoms with Crippen LogP contribution in [0, 0.1) is 5.92 Å². The van der Waals surface area contributed by atoms with E-state index < -0.39 is 0 Å². The summed E-state index contributed by atoms with van der Waals surface area (Å²) in [4.78, 5) is 9.54. The van der Waals surface area contributed by atoms with E-state index >= 15 is 0 Å². The van der Waals surface area contributed by atoms with Crippen LogP contribution < -0.4 is 0 Å². The highest BCUT2D eigenvalue weighted by molar-refractivity contribution is 7.13. The van der Waals surface area contributed by atoms with Gasteiger partial charge in [-0.3, -0.25) is 0 Å². The second-order valence-corrected chi connectivity index (χ2v) is 7.80. The van der Waals surface area contributed by atoms with E-state index in [1.54, 1.807) is 11.3 Å². The molecule has 0 saturated heterocycles. The van der Waals surface area contributed by atoms with E-state index in [2.05, 4.69) is 54.8 Å². The molecule has 4 nitrogen and oxygen atoms in total. The molecule has 0 saturated carbocycles. The molecule has 0 aliphatic carbocycles. The van der Waals surface area contributed by atoms with Crippen molar-refractivity contribution in [3.8, 4) is 22.0 Å². The molecule has 1 aromatic carbocycles. The van der Waals surface area contributed by atoms with Crippen molar-refractivity contribution >= 4 is 11.3 Å². The van der Waals surface area contributed by atoms with Crippen molar-refractivity contribution in [2.45, 2.75) is 39.7 Å². The number of hydrogen-bond donors (Lipinski definition) is 1. The Balaban J connectivity index is 2.19. The SMILES string of the molecule is CC(C)c1csc(-c2c(-c3ccccc3)ncn2[C@@H](CO)C(C)C)n1. The number of aliphatic hydroxyl groups is 1. The fourth-order valence-corrected chi connectivity index (χ4v) is 3.94. The molecule has 0 fully saturated rings. The van der Waals surface area contributed by atoms with Gasteiger partial charge in [-0.1, -0.05) is 58.0 Å². The van der Waals surface area contributed by atoms with Gasteiger partial charge in [-0.05, 0) is 11.8 Å². The van der Waals surface area contributed by atoms with Crippen LogP contribution in [0.25, 0.3) is 22.0 Å². The van der Waals surface area contributed by atoms with Crippen LogP contribution in [0.2, 0.25) is 0 Å². The van der Waals surface area contributed by atoms with Crippen LogP contribution in [-0.4, -0.2) is 26.2 Å². The number of rotatable bonds is 6. The average Bonchev–Trinajstić information content (AvgIpc) is 3.22. The Morgan fingerprint density at radius 2 is 1.84 bits per heavy atom. The highest BCUT2D eigenvalue weighted by Gasteiger charge is 2.24. The van der Waals surface area contributed by atoms with E-state index in [0.29, 0.717) is 11.8 Å². The van der Waals surface area contributed by atoms with Crippen LogP contribution in [-0.2, 0) is 0 Å². The molecule has 2 aromatic heterocycles. The highest BCUT2D eigenvalue weighted by Crippen LogP contribution is 2.37. The summed E-state index contributed by atoms with van der Waals surface area (Å²) >= 11 is 1.64. The van der Waals surface area contributed by atoms with Crippen molar-refractivity contribution in [3.63, 3.8) is 0 Å². The number of aliphatic hydroxyl groups excluding tert-OH is 1. The van der Waals surface area contributed by atoms with Gasteiger partial charge in [0.25, 0.3) is 0 Å². The number of aromatic nitrogens is 3. The minimum Gasteiger partial charge on any atom is -0.394 e. The van der Waals surface area contributed by atoms with Gasteiger partial charge in [0.05, 0.1) is 30.4 Å².